The quantitative estimate of drug-likeness (QED) is 0.839. The molecule has 15 heavy (non-hydrogen) atoms. The molecule has 2 aromatic heterocycles. The smallest absolute Gasteiger partial charge is 0.0794 e. The van der Waals surface area contributed by atoms with Crippen LogP contribution in [0.15, 0.2) is 29.2 Å². The summed E-state index contributed by atoms with van der Waals surface area (Å²) >= 11 is 3.36. The number of hydrogen-bond donors (Lipinski definition) is 2. The summed E-state index contributed by atoms with van der Waals surface area (Å²) in [5.74, 6) is 0. The molecule has 0 aliphatic heterocycles. The van der Waals surface area contributed by atoms with Crippen LogP contribution in [0.1, 0.15) is 15.8 Å². The summed E-state index contributed by atoms with van der Waals surface area (Å²) in [4.78, 5) is 6.49. The first-order chi connectivity index (χ1) is 7.36. The van der Waals surface area contributed by atoms with E-state index >= 15 is 0 Å². The predicted molar refractivity (Wildman–Crippen MR) is 65.1 cm³/mol. The van der Waals surface area contributed by atoms with E-state index in [0.717, 1.165) is 13.1 Å². The summed E-state index contributed by atoms with van der Waals surface area (Å²) < 4.78 is 0. The highest BCUT2D eigenvalue weighted by molar-refractivity contribution is 7.10. The second-order valence-corrected chi connectivity index (χ2v) is 5.17. The van der Waals surface area contributed by atoms with Crippen LogP contribution in [0, 0.1) is 0 Å². The molecule has 2 heterocycles. The van der Waals surface area contributed by atoms with Crippen LogP contribution in [0.5, 0.6) is 0 Å². The number of hydrogen-bond acceptors (Lipinski definition) is 5. The van der Waals surface area contributed by atoms with Crippen LogP contribution in [-0.4, -0.2) is 11.5 Å². The molecule has 1 atom stereocenters. The first-order valence-corrected chi connectivity index (χ1v) is 6.49. The molecule has 2 rings (SSSR count). The minimum absolute atomic E-state index is 0.0953. The van der Waals surface area contributed by atoms with E-state index < -0.39 is 0 Å². The van der Waals surface area contributed by atoms with Crippen molar-refractivity contribution in [3.05, 3.63) is 39.0 Å². The summed E-state index contributed by atoms with van der Waals surface area (Å²) in [5, 5.41) is 5.38. The van der Waals surface area contributed by atoms with Gasteiger partial charge in [-0.3, -0.25) is 4.98 Å². The zero-order valence-electron chi connectivity index (χ0n) is 8.22. The fraction of sp³-hybridized carbons (Fsp3) is 0.300. The van der Waals surface area contributed by atoms with Crippen molar-refractivity contribution in [3.63, 3.8) is 0 Å². The summed E-state index contributed by atoms with van der Waals surface area (Å²) in [6.07, 6.45) is 1.88. The second-order valence-electron chi connectivity index (χ2n) is 3.22. The number of nitrogens with one attached hydrogen (secondary N) is 1. The van der Waals surface area contributed by atoms with E-state index in [2.05, 4.69) is 21.7 Å². The van der Waals surface area contributed by atoms with Crippen molar-refractivity contribution in [1.29, 1.82) is 0 Å². The molecule has 0 aromatic carbocycles. The van der Waals surface area contributed by atoms with Gasteiger partial charge in [0.2, 0.25) is 0 Å². The van der Waals surface area contributed by atoms with Crippen LogP contribution in [-0.2, 0) is 6.54 Å². The van der Waals surface area contributed by atoms with E-state index in [1.54, 1.807) is 22.7 Å². The molecule has 80 valence electrons. The predicted octanol–water partition coefficient (Wildman–Crippen LogP) is 1.99. The Morgan fingerprint density at radius 3 is 3.07 bits per heavy atom. The minimum atomic E-state index is 0.0953. The van der Waals surface area contributed by atoms with Crippen LogP contribution in [0.3, 0.4) is 0 Å². The van der Waals surface area contributed by atoms with Gasteiger partial charge in [0.25, 0.3) is 0 Å². The molecule has 3 nitrogen and oxygen atoms in total. The van der Waals surface area contributed by atoms with Gasteiger partial charge >= 0.3 is 0 Å². The third-order valence-electron chi connectivity index (χ3n) is 2.06. The first-order valence-electron chi connectivity index (χ1n) is 4.73. The Morgan fingerprint density at radius 2 is 2.40 bits per heavy atom. The van der Waals surface area contributed by atoms with Crippen LogP contribution in [0.25, 0.3) is 0 Å². The summed E-state index contributed by atoms with van der Waals surface area (Å²) in [5.41, 5.74) is 7.86. The topological polar surface area (TPSA) is 50.9 Å². The van der Waals surface area contributed by atoms with Gasteiger partial charge in [0.05, 0.1) is 11.6 Å². The van der Waals surface area contributed by atoms with Crippen LogP contribution in [0.4, 0.5) is 0 Å². The Labute approximate surface area is 97.0 Å². The molecule has 2 aromatic rings. The average Bonchev–Trinajstić information content (AvgIpc) is 2.90. The molecule has 0 saturated carbocycles. The highest BCUT2D eigenvalue weighted by atomic mass is 32.1. The summed E-state index contributed by atoms with van der Waals surface area (Å²) in [7, 11) is 0. The lowest BCUT2D eigenvalue weighted by atomic mass is 10.2. The van der Waals surface area contributed by atoms with Crippen molar-refractivity contribution in [3.8, 4) is 0 Å². The molecular weight excluding hydrogens is 226 g/mol. The summed E-state index contributed by atoms with van der Waals surface area (Å²) in [6.45, 7) is 1.65. The standard InChI is InChI=1S/C10H13N3S2/c11-9(10-2-1-3-14-10)6-12-4-8-5-13-7-15-8/h1-3,5,7,9,12H,4,6,11H2. The molecule has 0 bridgehead atoms. The maximum absolute atomic E-state index is 6.01. The van der Waals surface area contributed by atoms with E-state index in [1.165, 1.54) is 9.75 Å². The van der Waals surface area contributed by atoms with Gasteiger partial charge in [-0.2, -0.15) is 0 Å². The molecule has 0 saturated heterocycles. The number of aromatic nitrogens is 1. The SMILES string of the molecule is NC(CNCc1cncs1)c1cccs1. The molecule has 0 radical (unpaired) electrons. The Morgan fingerprint density at radius 1 is 1.47 bits per heavy atom. The van der Waals surface area contributed by atoms with Gasteiger partial charge in [0, 0.05) is 29.0 Å². The minimum Gasteiger partial charge on any atom is -0.322 e. The van der Waals surface area contributed by atoms with Crippen molar-refractivity contribution < 1.29 is 0 Å². The van der Waals surface area contributed by atoms with Gasteiger partial charge in [-0.25, -0.2) is 0 Å². The van der Waals surface area contributed by atoms with Crippen LogP contribution < -0.4 is 11.1 Å². The van der Waals surface area contributed by atoms with E-state index in [1.807, 2.05) is 17.8 Å². The Balaban J connectivity index is 1.74. The van der Waals surface area contributed by atoms with Gasteiger partial charge in [0.15, 0.2) is 0 Å². The van der Waals surface area contributed by atoms with Crippen LogP contribution in [0.2, 0.25) is 0 Å². The van der Waals surface area contributed by atoms with Crippen molar-refractivity contribution in [1.82, 2.24) is 10.3 Å². The van der Waals surface area contributed by atoms with Crippen LogP contribution >= 0.6 is 22.7 Å². The zero-order valence-corrected chi connectivity index (χ0v) is 9.85. The maximum atomic E-state index is 6.01. The number of nitrogens with zero attached hydrogens (tertiary/aromatic N) is 1. The average molecular weight is 239 g/mol. The normalized spacial score (nSPS) is 12.9. The van der Waals surface area contributed by atoms with Crippen molar-refractivity contribution in [2.75, 3.05) is 6.54 Å². The molecule has 0 amide bonds. The first kappa shape index (κ1) is 10.8. The van der Waals surface area contributed by atoms with E-state index in [0.29, 0.717) is 0 Å². The maximum Gasteiger partial charge on any atom is 0.0794 e. The van der Waals surface area contributed by atoms with Crippen molar-refractivity contribution in [2.24, 2.45) is 5.73 Å². The van der Waals surface area contributed by atoms with Crippen molar-refractivity contribution >= 4 is 22.7 Å². The lowest BCUT2D eigenvalue weighted by molar-refractivity contribution is 0.608. The summed E-state index contributed by atoms with van der Waals surface area (Å²) in [6, 6.07) is 4.20. The van der Waals surface area contributed by atoms with E-state index in [4.69, 9.17) is 5.73 Å². The zero-order chi connectivity index (χ0) is 10.5. The molecule has 3 N–H and O–H groups in total. The largest absolute Gasteiger partial charge is 0.322 e. The Hall–Kier alpha value is -0.750. The van der Waals surface area contributed by atoms with Gasteiger partial charge in [-0.05, 0) is 11.4 Å². The fourth-order valence-corrected chi connectivity index (χ4v) is 2.58. The molecule has 0 spiro atoms. The highest BCUT2D eigenvalue weighted by Gasteiger charge is 2.05. The van der Waals surface area contributed by atoms with E-state index in [-0.39, 0.29) is 6.04 Å². The third kappa shape index (κ3) is 3.10. The molecule has 0 fully saturated rings. The number of thiazole rings is 1. The number of rotatable bonds is 5. The van der Waals surface area contributed by atoms with Gasteiger partial charge in [-0.1, -0.05) is 6.07 Å². The van der Waals surface area contributed by atoms with Gasteiger partial charge in [-0.15, -0.1) is 22.7 Å². The number of nitrogens with two attached hydrogens (primary N) is 1. The number of thiophene rings is 1. The molecular formula is C10H13N3S2. The van der Waals surface area contributed by atoms with Gasteiger partial charge < -0.3 is 11.1 Å². The highest BCUT2D eigenvalue weighted by Crippen LogP contribution is 2.15. The van der Waals surface area contributed by atoms with Gasteiger partial charge in [0.1, 0.15) is 0 Å². The molecule has 1 unspecified atom stereocenters. The lowest BCUT2D eigenvalue weighted by Crippen LogP contribution is -2.25. The molecule has 0 aliphatic carbocycles. The van der Waals surface area contributed by atoms with E-state index in [9.17, 15) is 0 Å². The Kier molecular flexibility index (Phi) is 3.85. The lowest BCUT2D eigenvalue weighted by Gasteiger charge is -2.09. The van der Waals surface area contributed by atoms with Crippen molar-refractivity contribution in [2.45, 2.75) is 12.6 Å². The monoisotopic (exact) mass is 239 g/mol. The molecule has 0 aliphatic rings. The molecule has 5 heteroatoms. The Bertz CT molecular complexity index is 369. The second kappa shape index (κ2) is 5.37. The third-order valence-corrected chi connectivity index (χ3v) is 3.84. The fourth-order valence-electron chi connectivity index (χ4n) is 1.28.